The fourth-order valence-corrected chi connectivity index (χ4v) is 5.95. The van der Waals surface area contributed by atoms with Crippen LogP contribution in [0.15, 0.2) is 134 Å². The van der Waals surface area contributed by atoms with Crippen molar-refractivity contribution in [2.75, 3.05) is 0 Å². The number of hydrogen-bond donors (Lipinski definition) is 1. The highest BCUT2D eigenvalue weighted by Gasteiger charge is 2.19. The lowest BCUT2D eigenvalue weighted by Crippen LogP contribution is -1.88. The first-order chi connectivity index (χ1) is 19.3. The predicted molar refractivity (Wildman–Crippen MR) is 163 cm³/mol. The Morgan fingerprint density at radius 1 is 0.410 bits per heavy atom. The molecule has 0 radical (unpaired) electrons. The van der Waals surface area contributed by atoms with Crippen LogP contribution in [0.2, 0.25) is 0 Å². The smallest absolute Gasteiger partial charge is 0.0729 e. The number of nitrogens with one attached hydrogen (secondary N) is 1. The lowest BCUT2D eigenvalue weighted by atomic mass is 9.92. The second-order valence-electron chi connectivity index (χ2n) is 9.93. The van der Waals surface area contributed by atoms with Gasteiger partial charge >= 0.3 is 0 Å². The maximum Gasteiger partial charge on any atom is 0.0729 e. The SMILES string of the molecule is c1ccc(-c2cccc(-c3c4ccccc4cc4c3[nH]c3c(-c5ccccn5)c5ccccc5cc34)c2)nc1. The van der Waals surface area contributed by atoms with E-state index in [1.54, 1.807) is 0 Å². The summed E-state index contributed by atoms with van der Waals surface area (Å²) >= 11 is 0. The molecule has 0 aliphatic rings. The molecule has 0 bridgehead atoms. The maximum absolute atomic E-state index is 4.77. The van der Waals surface area contributed by atoms with Gasteiger partial charge in [-0.15, -0.1) is 0 Å². The summed E-state index contributed by atoms with van der Waals surface area (Å²) in [7, 11) is 0. The first-order valence-corrected chi connectivity index (χ1v) is 13.2. The Labute approximate surface area is 225 Å². The average molecular weight is 498 g/mol. The van der Waals surface area contributed by atoms with Gasteiger partial charge in [-0.25, -0.2) is 0 Å². The topological polar surface area (TPSA) is 41.6 Å². The molecule has 0 unspecified atom stereocenters. The number of H-pyrrole nitrogens is 1. The van der Waals surface area contributed by atoms with Crippen LogP contribution in [-0.4, -0.2) is 15.0 Å². The highest BCUT2D eigenvalue weighted by molar-refractivity contribution is 6.25. The van der Waals surface area contributed by atoms with E-state index >= 15 is 0 Å². The molecule has 8 aromatic rings. The molecule has 0 atom stereocenters. The third-order valence-corrected chi connectivity index (χ3v) is 7.67. The van der Waals surface area contributed by atoms with Crippen LogP contribution in [0.5, 0.6) is 0 Å². The standard InChI is InChI=1S/C36H23N3/c1-3-14-27-23(10-1)21-29-30-22-24-11-2-4-15-28(24)34(32-17-6-8-19-38-32)36(30)39-35(29)33(27)26-13-9-12-25(20-26)31-16-5-7-18-37-31/h1-22,39H. The van der Waals surface area contributed by atoms with Crippen molar-refractivity contribution in [3.8, 4) is 33.6 Å². The number of hydrogen-bond acceptors (Lipinski definition) is 2. The molecule has 0 aliphatic carbocycles. The van der Waals surface area contributed by atoms with Crippen molar-refractivity contribution < 1.29 is 0 Å². The van der Waals surface area contributed by atoms with Gasteiger partial charge in [-0.1, -0.05) is 78.9 Å². The molecule has 0 saturated heterocycles. The minimum Gasteiger partial charge on any atom is -0.353 e. The Hall–Kier alpha value is -5.28. The van der Waals surface area contributed by atoms with Crippen LogP contribution in [0.4, 0.5) is 0 Å². The van der Waals surface area contributed by atoms with Crippen LogP contribution in [-0.2, 0) is 0 Å². The van der Waals surface area contributed by atoms with Crippen LogP contribution in [0.3, 0.4) is 0 Å². The summed E-state index contributed by atoms with van der Waals surface area (Å²) in [4.78, 5) is 13.3. The quantitative estimate of drug-likeness (QED) is 0.264. The number of benzene rings is 5. The Balaban J connectivity index is 1.52. The van der Waals surface area contributed by atoms with Gasteiger partial charge in [0.05, 0.1) is 22.4 Å². The fraction of sp³-hybridized carbons (Fsp3) is 0. The first kappa shape index (κ1) is 21.8. The van der Waals surface area contributed by atoms with Crippen molar-refractivity contribution in [2.24, 2.45) is 0 Å². The number of fused-ring (bicyclic) bond motifs is 5. The second-order valence-corrected chi connectivity index (χ2v) is 9.93. The first-order valence-electron chi connectivity index (χ1n) is 13.2. The van der Waals surface area contributed by atoms with E-state index in [0.29, 0.717) is 0 Å². The normalized spacial score (nSPS) is 11.6. The molecule has 0 spiro atoms. The molecule has 3 aromatic heterocycles. The maximum atomic E-state index is 4.77. The molecular weight excluding hydrogens is 474 g/mol. The molecule has 0 amide bonds. The van der Waals surface area contributed by atoms with Gasteiger partial charge in [0.2, 0.25) is 0 Å². The van der Waals surface area contributed by atoms with E-state index in [0.717, 1.165) is 39.1 Å². The van der Waals surface area contributed by atoms with E-state index in [-0.39, 0.29) is 0 Å². The van der Waals surface area contributed by atoms with Crippen molar-refractivity contribution in [1.82, 2.24) is 15.0 Å². The van der Waals surface area contributed by atoms with Gasteiger partial charge in [0.15, 0.2) is 0 Å². The van der Waals surface area contributed by atoms with E-state index in [2.05, 4.69) is 113 Å². The van der Waals surface area contributed by atoms with E-state index in [9.17, 15) is 0 Å². The largest absolute Gasteiger partial charge is 0.353 e. The summed E-state index contributed by atoms with van der Waals surface area (Å²) in [6, 6.07) is 42.8. The van der Waals surface area contributed by atoms with Crippen LogP contribution < -0.4 is 0 Å². The molecular formula is C36H23N3. The molecule has 1 N–H and O–H groups in total. The molecule has 39 heavy (non-hydrogen) atoms. The lowest BCUT2D eigenvalue weighted by Gasteiger charge is -2.11. The average Bonchev–Trinajstić information content (AvgIpc) is 3.36. The molecule has 3 heteroatoms. The number of rotatable bonds is 3. The van der Waals surface area contributed by atoms with Gasteiger partial charge in [0.25, 0.3) is 0 Å². The molecule has 182 valence electrons. The molecule has 0 fully saturated rings. The Kier molecular flexibility index (Phi) is 4.82. The molecule has 3 heterocycles. The third kappa shape index (κ3) is 3.44. The third-order valence-electron chi connectivity index (χ3n) is 7.67. The minimum absolute atomic E-state index is 0.967. The highest BCUT2D eigenvalue weighted by Crippen LogP contribution is 2.44. The predicted octanol–water partition coefficient (Wildman–Crippen LogP) is 9.42. The van der Waals surface area contributed by atoms with E-state index in [4.69, 9.17) is 4.98 Å². The molecule has 0 saturated carbocycles. The van der Waals surface area contributed by atoms with E-state index in [1.165, 1.54) is 37.9 Å². The van der Waals surface area contributed by atoms with Crippen molar-refractivity contribution >= 4 is 43.4 Å². The summed E-state index contributed by atoms with van der Waals surface area (Å²) in [5.41, 5.74) is 8.78. The Morgan fingerprint density at radius 2 is 0.974 bits per heavy atom. The summed E-state index contributed by atoms with van der Waals surface area (Å²) in [5.74, 6) is 0. The van der Waals surface area contributed by atoms with Crippen molar-refractivity contribution in [3.05, 3.63) is 134 Å². The van der Waals surface area contributed by atoms with Gasteiger partial charge < -0.3 is 4.98 Å². The molecule has 3 nitrogen and oxygen atoms in total. The highest BCUT2D eigenvalue weighted by atomic mass is 14.7. The van der Waals surface area contributed by atoms with Crippen LogP contribution in [0.1, 0.15) is 0 Å². The van der Waals surface area contributed by atoms with Crippen LogP contribution in [0.25, 0.3) is 77.0 Å². The van der Waals surface area contributed by atoms with Gasteiger partial charge in [-0.2, -0.15) is 0 Å². The van der Waals surface area contributed by atoms with Crippen LogP contribution in [0, 0.1) is 0 Å². The fourth-order valence-electron chi connectivity index (χ4n) is 5.95. The van der Waals surface area contributed by atoms with Crippen molar-refractivity contribution in [2.45, 2.75) is 0 Å². The number of nitrogens with zero attached hydrogens (tertiary/aromatic N) is 2. The van der Waals surface area contributed by atoms with Gasteiger partial charge in [0.1, 0.15) is 0 Å². The molecule has 8 rings (SSSR count). The Bertz CT molecular complexity index is 2160. The van der Waals surface area contributed by atoms with Gasteiger partial charge in [-0.05, 0) is 69.6 Å². The van der Waals surface area contributed by atoms with E-state index < -0.39 is 0 Å². The zero-order valence-corrected chi connectivity index (χ0v) is 21.1. The zero-order chi connectivity index (χ0) is 25.8. The number of pyridine rings is 2. The minimum atomic E-state index is 0.967. The van der Waals surface area contributed by atoms with Crippen molar-refractivity contribution in [1.29, 1.82) is 0 Å². The van der Waals surface area contributed by atoms with Gasteiger partial charge in [0, 0.05) is 39.9 Å². The summed E-state index contributed by atoms with van der Waals surface area (Å²) in [5, 5.41) is 7.26. The summed E-state index contributed by atoms with van der Waals surface area (Å²) < 4.78 is 0. The van der Waals surface area contributed by atoms with Crippen LogP contribution >= 0.6 is 0 Å². The summed E-state index contributed by atoms with van der Waals surface area (Å²) in [6.07, 6.45) is 3.72. The zero-order valence-electron chi connectivity index (χ0n) is 21.1. The van der Waals surface area contributed by atoms with Crippen molar-refractivity contribution in [3.63, 3.8) is 0 Å². The van der Waals surface area contributed by atoms with Gasteiger partial charge in [-0.3, -0.25) is 9.97 Å². The second kappa shape index (κ2) is 8.64. The Morgan fingerprint density at radius 3 is 1.64 bits per heavy atom. The number of aromatic nitrogens is 3. The lowest BCUT2D eigenvalue weighted by molar-refractivity contribution is 1.33. The summed E-state index contributed by atoms with van der Waals surface area (Å²) in [6.45, 7) is 0. The number of aromatic amines is 1. The van der Waals surface area contributed by atoms with E-state index in [1.807, 2.05) is 30.6 Å². The molecule has 0 aliphatic heterocycles. The monoisotopic (exact) mass is 497 g/mol. The molecule has 5 aromatic carbocycles.